The lowest BCUT2D eigenvalue weighted by molar-refractivity contribution is 0.529. The van der Waals surface area contributed by atoms with Crippen molar-refractivity contribution in [3.63, 3.8) is 0 Å². The highest BCUT2D eigenvalue weighted by Gasteiger charge is 2.33. The van der Waals surface area contributed by atoms with Gasteiger partial charge < -0.3 is 4.90 Å². The Morgan fingerprint density at radius 3 is 2.23 bits per heavy atom. The van der Waals surface area contributed by atoms with Crippen LogP contribution in [-0.2, 0) is 9.84 Å². The van der Waals surface area contributed by atoms with Gasteiger partial charge >= 0.3 is 0 Å². The summed E-state index contributed by atoms with van der Waals surface area (Å²) in [5.74, 6) is 0. The number of piperidine rings is 1. The van der Waals surface area contributed by atoms with E-state index in [1.165, 1.54) is 23.5 Å². The molecule has 0 spiro atoms. The number of hydrogen-bond donors (Lipinski definition) is 0. The summed E-state index contributed by atoms with van der Waals surface area (Å²) in [6, 6.07) is 9.81. The van der Waals surface area contributed by atoms with Gasteiger partial charge in [0.15, 0.2) is 15.0 Å². The number of benzene rings is 2. The molecule has 0 atom stereocenters. The first-order valence-corrected chi connectivity index (χ1v) is 13.0. The van der Waals surface area contributed by atoms with Crippen molar-refractivity contribution in [1.29, 1.82) is 0 Å². The lowest BCUT2D eigenvalue weighted by Gasteiger charge is -2.31. The first kappa shape index (κ1) is 22.2. The van der Waals surface area contributed by atoms with Crippen molar-refractivity contribution < 1.29 is 8.42 Å². The molecule has 0 N–H and O–H groups in total. The van der Waals surface area contributed by atoms with E-state index in [2.05, 4.69) is 4.90 Å². The number of aromatic nitrogens is 1. The molecule has 1 saturated heterocycles. The van der Waals surface area contributed by atoms with Crippen LogP contribution in [0.5, 0.6) is 0 Å². The Morgan fingerprint density at radius 1 is 0.933 bits per heavy atom. The lowest BCUT2D eigenvalue weighted by Crippen LogP contribution is -2.39. The van der Waals surface area contributed by atoms with Crippen LogP contribution in [0.2, 0.25) is 20.1 Å². The molecule has 0 aliphatic carbocycles. The van der Waals surface area contributed by atoms with Gasteiger partial charge in [-0.1, -0.05) is 46.4 Å². The van der Waals surface area contributed by atoms with Gasteiger partial charge in [0.25, 0.3) is 0 Å². The predicted molar refractivity (Wildman–Crippen MR) is 126 cm³/mol. The standard InChI is InChI=1S/C20H16Cl4N2O2S2/c21-13-1-2-19(17(24)10-13)30(27,28)16-3-5-26(6-4-16)20-25-18(11-29-20)12-7-14(22)9-15(23)8-12/h1-2,7-11,16H,3-6H2. The Kier molecular flexibility index (Phi) is 6.54. The van der Waals surface area contributed by atoms with Gasteiger partial charge in [-0.05, 0) is 49.2 Å². The fourth-order valence-electron chi connectivity index (χ4n) is 3.49. The van der Waals surface area contributed by atoms with E-state index in [4.69, 9.17) is 51.4 Å². The Hall–Kier alpha value is -1.02. The summed E-state index contributed by atoms with van der Waals surface area (Å²) < 4.78 is 26.1. The highest BCUT2D eigenvalue weighted by molar-refractivity contribution is 7.92. The van der Waals surface area contributed by atoms with E-state index >= 15 is 0 Å². The van der Waals surface area contributed by atoms with E-state index in [0.29, 0.717) is 41.0 Å². The Labute approximate surface area is 199 Å². The molecular formula is C20H16Cl4N2O2S2. The average Bonchev–Trinajstić information content (AvgIpc) is 3.17. The Bertz CT molecular complexity index is 1170. The van der Waals surface area contributed by atoms with Gasteiger partial charge in [-0.25, -0.2) is 13.4 Å². The van der Waals surface area contributed by atoms with Crippen LogP contribution in [0.3, 0.4) is 0 Å². The minimum absolute atomic E-state index is 0.140. The number of anilines is 1. The fourth-order valence-corrected chi connectivity index (χ4v) is 7.41. The molecule has 2 aromatic carbocycles. The number of nitrogens with zero attached hydrogens (tertiary/aromatic N) is 2. The molecule has 4 nitrogen and oxygen atoms in total. The zero-order valence-corrected chi connectivity index (χ0v) is 20.1. The van der Waals surface area contributed by atoms with Gasteiger partial charge in [0, 0.05) is 39.1 Å². The topological polar surface area (TPSA) is 50.3 Å². The van der Waals surface area contributed by atoms with Gasteiger partial charge in [-0.2, -0.15) is 0 Å². The minimum Gasteiger partial charge on any atom is -0.348 e. The van der Waals surface area contributed by atoms with Crippen molar-refractivity contribution in [3.8, 4) is 11.3 Å². The molecule has 1 fully saturated rings. The van der Waals surface area contributed by atoms with Crippen LogP contribution in [0, 0.1) is 0 Å². The summed E-state index contributed by atoms with van der Waals surface area (Å²) in [5, 5.41) is 4.00. The van der Waals surface area contributed by atoms with Crippen LogP contribution in [0.15, 0.2) is 46.7 Å². The van der Waals surface area contributed by atoms with E-state index in [-0.39, 0.29) is 9.92 Å². The number of halogens is 4. The molecule has 30 heavy (non-hydrogen) atoms. The maximum atomic E-state index is 13.0. The zero-order valence-electron chi connectivity index (χ0n) is 15.5. The third-order valence-electron chi connectivity index (χ3n) is 5.00. The van der Waals surface area contributed by atoms with Crippen molar-refractivity contribution >= 4 is 72.7 Å². The van der Waals surface area contributed by atoms with Crippen LogP contribution in [0.1, 0.15) is 12.8 Å². The Balaban J connectivity index is 1.48. The number of thiazole rings is 1. The summed E-state index contributed by atoms with van der Waals surface area (Å²) >= 11 is 25.7. The smallest absolute Gasteiger partial charge is 0.185 e. The SMILES string of the molecule is O=S(=O)(c1ccc(Cl)cc1Cl)C1CCN(c2nc(-c3cc(Cl)cc(Cl)c3)cs2)CC1. The second-order valence-corrected chi connectivity index (χ2v) is 11.7. The van der Waals surface area contributed by atoms with Crippen LogP contribution in [-0.4, -0.2) is 31.7 Å². The van der Waals surface area contributed by atoms with Gasteiger partial charge in [-0.15, -0.1) is 11.3 Å². The maximum absolute atomic E-state index is 13.0. The number of rotatable bonds is 4. The van der Waals surface area contributed by atoms with E-state index in [9.17, 15) is 8.42 Å². The summed E-state index contributed by atoms with van der Waals surface area (Å²) in [7, 11) is -3.53. The molecule has 1 aliphatic heterocycles. The zero-order chi connectivity index (χ0) is 21.5. The van der Waals surface area contributed by atoms with Crippen LogP contribution in [0.4, 0.5) is 5.13 Å². The quantitative estimate of drug-likeness (QED) is 0.376. The average molecular weight is 522 g/mol. The fraction of sp³-hybridized carbons (Fsp3) is 0.250. The Morgan fingerprint density at radius 2 is 1.60 bits per heavy atom. The molecule has 0 bridgehead atoms. The monoisotopic (exact) mass is 520 g/mol. The van der Waals surface area contributed by atoms with Gasteiger partial charge in [0.05, 0.1) is 20.9 Å². The number of sulfone groups is 1. The third-order valence-corrected chi connectivity index (χ3v) is 9.32. The van der Waals surface area contributed by atoms with Crippen molar-refractivity contribution in [2.45, 2.75) is 23.0 Å². The second kappa shape index (κ2) is 8.85. The highest BCUT2D eigenvalue weighted by atomic mass is 35.5. The molecule has 2 heterocycles. The summed E-state index contributed by atoms with van der Waals surface area (Å²) in [6.45, 7) is 1.19. The largest absolute Gasteiger partial charge is 0.348 e. The van der Waals surface area contributed by atoms with Crippen molar-refractivity contribution in [3.05, 3.63) is 61.9 Å². The summed E-state index contributed by atoms with van der Waals surface area (Å²) in [4.78, 5) is 6.94. The van der Waals surface area contributed by atoms with Crippen LogP contribution >= 0.6 is 57.7 Å². The molecule has 4 rings (SSSR count). The number of hydrogen-bond acceptors (Lipinski definition) is 5. The van der Waals surface area contributed by atoms with E-state index in [0.717, 1.165) is 16.4 Å². The predicted octanol–water partition coefficient (Wildman–Crippen LogP) is 6.87. The van der Waals surface area contributed by atoms with Crippen LogP contribution < -0.4 is 4.90 Å². The molecule has 1 aliphatic rings. The molecule has 0 saturated carbocycles. The van der Waals surface area contributed by atoms with Crippen LogP contribution in [0.25, 0.3) is 11.3 Å². The van der Waals surface area contributed by atoms with Crippen molar-refractivity contribution in [2.75, 3.05) is 18.0 Å². The lowest BCUT2D eigenvalue weighted by atomic mass is 10.1. The second-order valence-electron chi connectivity index (χ2n) is 6.98. The van der Waals surface area contributed by atoms with E-state index in [1.807, 2.05) is 17.5 Å². The van der Waals surface area contributed by atoms with E-state index < -0.39 is 15.1 Å². The first-order chi connectivity index (χ1) is 14.2. The van der Waals surface area contributed by atoms with E-state index in [1.54, 1.807) is 12.1 Å². The molecule has 158 valence electrons. The molecule has 0 unspecified atom stereocenters. The summed E-state index contributed by atoms with van der Waals surface area (Å²) in [5.41, 5.74) is 1.65. The molecule has 0 amide bonds. The molecule has 10 heteroatoms. The molecule has 0 radical (unpaired) electrons. The van der Waals surface area contributed by atoms with Gasteiger partial charge in [0.1, 0.15) is 0 Å². The van der Waals surface area contributed by atoms with Gasteiger partial charge in [0.2, 0.25) is 0 Å². The molecule has 1 aromatic heterocycles. The molecule has 3 aromatic rings. The highest BCUT2D eigenvalue weighted by Crippen LogP contribution is 2.35. The first-order valence-electron chi connectivity index (χ1n) is 9.10. The van der Waals surface area contributed by atoms with Crippen molar-refractivity contribution in [2.24, 2.45) is 0 Å². The van der Waals surface area contributed by atoms with Crippen molar-refractivity contribution in [1.82, 2.24) is 4.98 Å². The minimum atomic E-state index is -3.53. The summed E-state index contributed by atoms with van der Waals surface area (Å²) in [6.07, 6.45) is 0.998. The normalized spacial score (nSPS) is 15.5. The van der Waals surface area contributed by atoms with Gasteiger partial charge in [-0.3, -0.25) is 0 Å². The molecular weight excluding hydrogens is 506 g/mol. The maximum Gasteiger partial charge on any atom is 0.185 e. The third kappa shape index (κ3) is 4.59.